The Morgan fingerprint density at radius 2 is 1.96 bits per heavy atom. The van der Waals surface area contributed by atoms with Crippen molar-refractivity contribution in [2.24, 2.45) is 0 Å². The van der Waals surface area contributed by atoms with E-state index in [0.29, 0.717) is 11.0 Å². The summed E-state index contributed by atoms with van der Waals surface area (Å²) in [5.74, 6) is -1.01. The summed E-state index contributed by atoms with van der Waals surface area (Å²) in [6.45, 7) is 0. The summed E-state index contributed by atoms with van der Waals surface area (Å²) in [7, 11) is 1.26. The van der Waals surface area contributed by atoms with Crippen molar-refractivity contribution in [1.82, 2.24) is 9.97 Å². The number of para-hydroxylation sites is 1. The molecule has 1 amide bonds. The van der Waals surface area contributed by atoms with Gasteiger partial charge in [-0.05, 0) is 30.3 Å². The molecule has 1 heterocycles. The van der Waals surface area contributed by atoms with Crippen LogP contribution in [0.2, 0.25) is 5.02 Å². The molecular weight excluding hydrogens is 334 g/mol. The Labute approximate surface area is 140 Å². The molecule has 0 unspecified atom stereocenters. The summed E-state index contributed by atoms with van der Waals surface area (Å²) in [6.07, 6.45) is 0. The number of rotatable bonds is 3. The van der Waals surface area contributed by atoms with Gasteiger partial charge in [-0.25, -0.2) is 9.59 Å². The number of carbonyl (C=O) groups is 2. The van der Waals surface area contributed by atoms with Crippen LogP contribution in [0.5, 0.6) is 0 Å². The van der Waals surface area contributed by atoms with E-state index in [4.69, 9.17) is 11.6 Å². The molecule has 0 aliphatic rings. The molecular formula is C16H12ClN3O4. The molecule has 0 aliphatic heterocycles. The lowest BCUT2D eigenvalue weighted by atomic mass is 10.1. The number of H-pyrrole nitrogens is 2. The maximum Gasteiger partial charge on any atom is 0.337 e. The van der Waals surface area contributed by atoms with Gasteiger partial charge in [0.05, 0.1) is 40.0 Å². The first kappa shape index (κ1) is 15.8. The second-order valence-corrected chi connectivity index (χ2v) is 5.35. The number of ether oxygens (including phenoxy) is 1. The monoisotopic (exact) mass is 345 g/mol. The number of nitrogens with one attached hydrogen (secondary N) is 3. The third kappa shape index (κ3) is 2.89. The van der Waals surface area contributed by atoms with E-state index in [1.807, 2.05) is 0 Å². The number of halogens is 1. The lowest BCUT2D eigenvalue weighted by molar-refractivity contribution is 0.0600. The van der Waals surface area contributed by atoms with Gasteiger partial charge in [-0.2, -0.15) is 0 Å². The van der Waals surface area contributed by atoms with Crippen molar-refractivity contribution >= 4 is 40.2 Å². The van der Waals surface area contributed by atoms with Crippen LogP contribution in [0.15, 0.2) is 41.2 Å². The molecule has 1 aromatic heterocycles. The number of aromatic amines is 2. The van der Waals surface area contributed by atoms with Gasteiger partial charge < -0.3 is 20.0 Å². The third-order valence-corrected chi connectivity index (χ3v) is 3.76. The van der Waals surface area contributed by atoms with Gasteiger partial charge in [0.1, 0.15) is 0 Å². The van der Waals surface area contributed by atoms with Crippen LogP contribution in [0.3, 0.4) is 0 Å². The lowest BCUT2D eigenvalue weighted by Crippen LogP contribution is -2.14. The first-order valence-electron chi connectivity index (χ1n) is 6.90. The summed E-state index contributed by atoms with van der Waals surface area (Å²) in [6, 6.07) is 9.30. The predicted octanol–water partition coefficient (Wildman–Crippen LogP) is 2.55. The summed E-state index contributed by atoms with van der Waals surface area (Å²) in [4.78, 5) is 40.7. The maximum atomic E-state index is 12.5. The highest BCUT2D eigenvalue weighted by Gasteiger charge is 2.15. The average molecular weight is 346 g/mol. The van der Waals surface area contributed by atoms with Gasteiger partial charge in [0, 0.05) is 0 Å². The minimum absolute atomic E-state index is 0.255. The standard InChI is InChI=1S/C16H12ClN3O4/c1-24-15(22)8-5-6-10(17)12(7-8)18-14(21)9-3-2-4-11-13(9)20-16(23)19-11/h2-7H,1H3,(H,18,21)(H2,19,20,23). The smallest absolute Gasteiger partial charge is 0.337 e. The van der Waals surface area contributed by atoms with Crippen molar-refractivity contribution in [3.05, 3.63) is 63.0 Å². The van der Waals surface area contributed by atoms with Gasteiger partial charge in [-0.1, -0.05) is 17.7 Å². The minimum atomic E-state index is -0.542. The number of hydrogen-bond donors (Lipinski definition) is 3. The Morgan fingerprint density at radius 3 is 2.71 bits per heavy atom. The van der Waals surface area contributed by atoms with Crippen LogP contribution < -0.4 is 11.0 Å². The summed E-state index contributed by atoms with van der Waals surface area (Å²) in [5.41, 5.74) is 1.29. The fourth-order valence-electron chi connectivity index (χ4n) is 2.30. The zero-order chi connectivity index (χ0) is 17.3. The number of esters is 1. The molecule has 7 nitrogen and oxygen atoms in total. The second-order valence-electron chi connectivity index (χ2n) is 4.95. The third-order valence-electron chi connectivity index (χ3n) is 3.43. The summed E-state index contributed by atoms with van der Waals surface area (Å²) in [5, 5.41) is 2.90. The molecule has 8 heteroatoms. The molecule has 3 N–H and O–H groups in total. The molecule has 2 aromatic carbocycles. The predicted molar refractivity (Wildman–Crippen MR) is 89.7 cm³/mol. The van der Waals surface area contributed by atoms with E-state index >= 15 is 0 Å². The number of amides is 1. The van der Waals surface area contributed by atoms with E-state index in [-0.39, 0.29) is 21.8 Å². The topological polar surface area (TPSA) is 104 Å². The Kier molecular flexibility index (Phi) is 4.09. The van der Waals surface area contributed by atoms with Gasteiger partial charge in [0.15, 0.2) is 0 Å². The molecule has 3 rings (SSSR count). The molecule has 24 heavy (non-hydrogen) atoms. The first-order chi connectivity index (χ1) is 11.5. The van der Waals surface area contributed by atoms with Gasteiger partial charge in [-0.3, -0.25) is 4.79 Å². The Hall–Kier alpha value is -3.06. The van der Waals surface area contributed by atoms with E-state index in [1.165, 1.54) is 25.3 Å². The quantitative estimate of drug-likeness (QED) is 0.634. The van der Waals surface area contributed by atoms with Crippen LogP contribution in [0.4, 0.5) is 5.69 Å². The number of anilines is 1. The van der Waals surface area contributed by atoms with Crippen molar-refractivity contribution < 1.29 is 14.3 Å². The van der Waals surface area contributed by atoms with E-state index in [2.05, 4.69) is 20.0 Å². The fourth-order valence-corrected chi connectivity index (χ4v) is 2.47. The van der Waals surface area contributed by atoms with Gasteiger partial charge in [0.25, 0.3) is 5.91 Å². The second kappa shape index (κ2) is 6.21. The molecule has 0 saturated carbocycles. The van der Waals surface area contributed by atoms with Crippen LogP contribution in [0.1, 0.15) is 20.7 Å². The van der Waals surface area contributed by atoms with Crippen LogP contribution >= 0.6 is 11.6 Å². The number of fused-ring (bicyclic) bond motifs is 1. The van der Waals surface area contributed by atoms with Crippen molar-refractivity contribution in [2.75, 3.05) is 12.4 Å². The largest absolute Gasteiger partial charge is 0.465 e. The van der Waals surface area contributed by atoms with Crippen LogP contribution in [-0.2, 0) is 4.74 Å². The van der Waals surface area contributed by atoms with Gasteiger partial charge >= 0.3 is 11.7 Å². The van der Waals surface area contributed by atoms with Gasteiger partial charge in [-0.15, -0.1) is 0 Å². The molecule has 0 atom stereocenters. The minimum Gasteiger partial charge on any atom is -0.465 e. The van der Waals surface area contributed by atoms with Crippen molar-refractivity contribution in [3.63, 3.8) is 0 Å². The molecule has 122 valence electrons. The fraction of sp³-hybridized carbons (Fsp3) is 0.0625. The Bertz CT molecular complexity index is 1010. The Morgan fingerprint density at radius 1 is 1.17 bits per heavy atom. The zero-order valence-corrected chi connectivity index (χ0v) is 13.2. The normalized spacial score (nSPS) is 10.6. The number of benzene rings is 2. The SMILES string of the molecule is COC(=O)c1ccc(Cl)c(NC(=O)c2cccc3[nH]c(=O)[nH]c23)c1. The molecule has 0 bridgehead atoms. The van der Waals surface area contributed by atoms with Crippen LogP contribution in [-0.4, -0.2) is 29.0 Å². The highest BCUT2D eigenvalue weighted by atomic mass is 35.5. The molecule has 0 fully saturated rings. The first-order valence-corrected chi connectivity index (χ1v) is 7.27. The summed E-state index contributed by atoms with van der Waals surface area (Å²) < 4.78 is 4.64. The molecule has 3 aromatic rings. The number of hydrogen-bond acceptors (Lipinski definition) is 4. The number of aromatic nitrogens is 2. The van der Waals surface area contributed by atoms with Crippen LogP contribution in [0.25, 0.3) is 11.0 Å². The lowest BCUT2D eigenvalue weighted by Gasteiger charge is -2.09. The highest BCUT2D eigenvalue weighted by Crippen LogP contribution is 2.25. The summed E-state index contributed by atoms with van der Waals surface area (Å²) >= 11 is 6.07. The highest BCUT2D eigenvalue weighted by molar-refractivity contribution is 6.34. The van der Waals surface area contributed by atoms with E-state index in [1.54, 1.807) is 18.2 Å². The Balaban J connectivity index is 1.97. The number of carbonyl (C=O) groups excluding carboxylic acids is 2. The van der Waals surface area contributed by atoms with E-state index < -0.39 is 17.6 Å². The maximum absolute atomic E-state index is 12.5. The molecule has 0 saturated heterocycles. The van der Waals surface area contributed by atoms with Crippen molar-refractivity contribution in [3.8, 4) is 0 Å². The van der Waals surface area contributed by atoms with Crippen LogP contribution in [0, 0.1) is 0 Å². The van der Waals surface area contributed by atoms with Crippen molar-refractivity contribution in [2.45, 2.75) is 0 Å². The van der Waals surface area contributed by atoms with E-state index in [0.717, 1.165) is 0 Å². The van der Waals surface area contributed by atoms with Gasteiger partial charge in [0.2, 0.25) is 0 Å². The number of imidazole rings is 1. The number of methoxy groups -OCH3 is 1. The van der Waals surface area contributed by atoms with Crippen molar-refractivity contribution in [1.29, 1.82) is 0 Å². The zero-order valence-electron chi connectivity index (χ0n) is 12.5. The molecule has 0 aliphatic carbocycles. The van der Waals surface area contributed by atoms with E-state index in [9.17, 15) is 14.4 Å². The average Bonchev–Trinajstić information content (AvgIpc) is 2.96. The molecule has 0 spiro atoms. The molecule has 0 radical (unpaired) electrons.